The molecule has 0 bridgehead atoms. The van der Waals surface area contributed by atoms with E-state index in [1.807, 2.05) is 0 Å². The van der Waals surface area contributed by atoms with Crippen LogP contribution >= 0.6 is 11.8 Å². The number of phenolic OH excluding ortho intramolecular Hbond substituents is 1. The molecule has 0 radical (unpaired) electrons. The molecule has 4 atom stereocenters. The van der Waals surface area contributed by atoms with Crippen molar-refractivity contribution in [2.75, 3.05) is 17.6 Å². The Morgan fingerprint density at radius 3 is 2.78 bits per heavy atom. The van der Waals surface area contributed by atoms with Crippen LogP contribution in [0.25, 0.3) is 11.2 Å². The van der Waals surface area contributed by atoms with E-state index in [0.29, 0.717) is 22.1 Å². The van der Waals surface area contributed by atoms with Crippen molar-refractivity contribution in [3.05, 3.63) is 29.8 Å². The highest BCUT2D eigenvalue weighted by Crippen LogP contribution is 2.37. The molecule has 0 saturated heterocycles. The predicted octanol–water partition coefficient (Wildman–Crippen LogP) is 2.24. The Morgan fingerprint density at radius 1 is 1.19 bits per heavy atom. The summed E-state index contributed by atoms with van der Waals surface area (Å²) in [4.78, 5) is 22.2. The second-order valence-electron chi connectivity index (χ2n) is 8.97. The topological polar surface area (TPSA) is 158 Å². The van der Waals surface area contributed by atoms with Crippen molar-refractivity contribution in [2.24, 2.45) is 5.92 Å². The van der Waals surface area contributed by atoms with Crippen LogP contribution in [0, 0.1) is 5.92 Å². The van der Waals surface area contributed by atoms with Gasteiger partial charge in [-0.3, -0.25) is 4.79 Å². The van der Waals surface area contributed by atoms with Crippen molar-refractivity contribution >= 4 is 34.7 Å². The molecular weight excluding hydrogens is 482 g/mol. The Hall–Kier alpha value is -2.96. The summed E-state index contributed by atoms with van der Waals surface area (Å²) >= 11 is 1.53. The second kappa shape index (κ2) is 11.8. The minimum Gasteiger partial charge on any atom is -0.508 e. The number of anilines is 1. The Labute approximate surface area is 213 Å². The molecule has 194 valence electrons. The van der Waals surface area contributed by atoms with E-state index in [1.54, 1.807) is 24.3 Å². The molecule has 12 heteroatoms. The molecule has 1 aliphatic rings. The van der Waals surface area contributed by atoms with E-state index < -0.39 is 24.2 Å². The average Bonchev–Trinajstić information content (AvgIpc) is 3.42. The van der Waals surface area contributed by atoms with Gasteiger partial charge in [-0.1, -0.05) is 49.4 Å². The summed E-state index contributed by atoms with van der Waals surface area (Å²) in [5.74, 6) is 0.338. The fraction of sp³-hybridized carbons (Fsp3) is 0.542. The number of nitrogens with zero attached hydrogens (tertiary/aromatic N) is 5. The molecule has 1 aromatic carbocycles. The number of benzene rings is 1. The maximum atomic E-state index is 12.9. The maximum Gasteiger partial charge on any atom is 0.226 e. The van der Waals surface area contributed by atoms with Crippen LogP contribution in [0.4, 0.5) is 5.82 Å². The molecule has 5 N–H and O–H groups in total. The molecular formula is C24H33N7O4S. The highest BCUT2D eigenvalue weighted by atomic mass is 32.2. The van der Waals surface area contributed by atoms with Crippen molar-refractivity contribution in [3.63, 3.8) is 0 Å². The molecule has 3 aromatic rings. The maximum absolute atomic E-state index is 12.9. The minimum absolute atomic E-state index is 0.109. The summed E-state index contributed by atoms with van der Waals surface area (Å²) < 4.78 is 1.51. The zero-order valence-corrected chi connectivity index (χ0v) is 21.3. The van der Waals surface area contributed by atoms with E-state index in [9.17, 15) is 20.1 Å². The number of aromatic hydroxyl groups is 1. The van der Waals surface area contributed by atoms with Crippen LogP contribution in [0.3, 0.4) is 0 Å². The van der Waals surface area contributed by atoms with Gasteiger partial charge in [0.2, 0.25) is 5.91 Å². The molecule has 0 spiro atoms. The van der Waals surface area contributed by atoms with Crippen LogP contribution in [-0.2, 0) is 11.3 Å². The van der Waals surface area contributed by atoms with Gasteiger partial charge < -0.3 is 26.0 Å². The number of thioether (sulfide) groups is 1. The molecule has 36 heavy (non-hydrogen) atoms. The molecule has 2 heterocycles. The number of carbonyl (C=O) groups is 1. The summed E-state index contributed by atoms with van der Waals surface area (Å²) in [7, 11) is 0. The summed E-state index contributed by atoms with van der Waals surface area (Å²) in [5, 5.41) is 46.4. The first-order chi connectivity index (χ1) is 17.4. The SMILES string of the molecule is CCCCNc1nc(SCCC)nc2c1nnn2[C@@H]1C[C@H](C(=O)NCc2cccc(O)c2)[C@@H](O)[C@H]1O. The van der Waals surface area contributed by atoms with E-state index in [4.69, 9.17) is 0 Å². The van der Waals surface area contributed by atoms with Crippen LogP contribution in [0.5, 0.6) is 5.75 Å². The van der Waals surface area contributed by atoms with Crippen LogP contribution in [0.1, 0.15) is 51.1 Å². The number of hydrogen-bond donors (Lipinski definition) is 5. The Kier molecular flexibility index (Phi) is 8.60. The normalized spacial score (nSPS) is 21.7. The third-order valence-corrected chi connectivity index (χ3v) is 7.29. The minimum atomic E-state index is -1.27. The van der Waals surface area contributed by atoms with Gasteiger partial charge in [0, 0.05) is 18.8 Å². The number of phenols is 1. The highest BCUT2D eigenvalue weighted by molar-refractivity contribution is 7.99. The third kappa shape index (κ3) is 5.71. The highest BCUT2D eigenvalue weighted by Gasteiger charge is 2.47. The molecule has 0 aliphatic heterocycles. The number of aliphatic hydroxyl groups excluding tert-OH is 2. The molecule has 1 saturated carbocycles. The van der Waals surface area contributed by atoms with Gasteiger partial charge in [-0.25, -0.2) is 14.6 Å². The first-order valence-electron chi connectivity index (χ1n) is 12.3. The lowest BCUT2D eigenvalue weighted by atomic mass is 10.0. The number of hydrogen-bond acceptors (Lipinski definition) is 10. The summed E-state index contributed by atoms with van der Waals surface area (Å²) in [6.07, 6.45) is 0.666. The van der Waals surface area contributed by atoms with Crippen LogP contribution in [0.15, 0.2) is 29.4 Å². The van der Waals surface area contributed by atoms with Gasteiger partial charge >= 0.3 is 0 Å². The number of aliphatic hydroxyl groups is 2. The predicted molar refractivity (Wildman–Crippen MR) is 137 cm³/mol. The lowest BCUT2D eigenvalue weighted by Gasteiger charge is -2.17. The first kappa shape index (κ1) is 26.1. The average molecular weight is 516 g/mol. The van der Waals surface area contributed by atoms with Gasteiger partial charge in [0.25, 0.3) is 0 Å². The van der Waals surface area contributed by atoms with E-state index in [1.165, 1.54) is 16.4 Å². The Bertz CT molecular complexity index is 1190. The zero-order chi connectivity index (χ0) is 25.7. The number of fused-ring (bicyclic) bond motifs is 1. The van der Waals surface area contributed by atoms with E-state index in [-0.39, 0.29) is 24.6 Å². The summed E-state index contributed by atoms with van der Waals surface area (Å²) in [6, 6.07) is 5.91. The molecule has 1 amide bonds. The van der Waals surface area contributed by atoms with Crippen molar-refractivity contribution in [1.29, 1.82) is 0 Å². The summed E-state index contributed by atoms with van der Waals surface area (Å²) in [5.41, 5.74) is 1.68. The number of aromatic nitrogens is 5. The molecule has 11 nitrogen and oxygen atoms in total. The fourth-order valence-corrected chi connectivity index (χ4v) is 4.99. The van der Waals surface area contributed by atoms with Gasteiger partial charge in [-0.05, 0) is 37.0 Å². The van der Waals surface area contributed by atoms with Gasteiger partial charge in [-0.15, -0.1) is 5.10 Å². The summed E-state index contributed by atoms with van der Waals surface area (Å²) in [6.45, 7) is 5.12. The first-order valence-corrected chi connectivity index (χ1v) is 13.3. The fourth-order valence-electron chi connectivity index (χ4n) is 4.30. The number of nitrogens with one attached hydrogen (secondary N) is 2. The lowest BCUT2D eigenvalue weighted by molar-refractivity contribution is -0.129. The number of amides is 1. The van der Waals surface area contributed by atoms with Gasteiger partial charge in [0.15, 0.2) is 22.1 Å². The number of carbonyl (C=O) groups excluding carboxylic acids is 1. The molecule has 1 fully saturated rings. The quantitative estimate of drug-likeness (QED) is 0.146. The van der Waals surface area contributed by atoms with Crippen molar-refractivity contribution in [3.8, 4) is 5.75 Å². The second-order valence-corrected chi connectivity index (χ2v) is 10.0. The molecule has 1 aliphatic carbocycles. The zero-order valence-electron chi connectivity index (χ0n) is 20.5. The van der Waals surface area contributed by atoms with Crippen molar-refractivity contribution in [1.82, 2.24) is 30.3 Å². The monoisotopic (exact) mass is 515 g/mol. The van der Waals surface area contributed by atoms with Crippen molar-refractivity contribution in [2.45, 2.75) is 69.5 Å². The number of rotatable bonds is 11. The number of unbranched alkanes of at least 4 members (excludes halogenated alkanes) is 1. The van der Waals surface area contributed by atoms with Gasteiger partial charge in [0.1, 0.15) is 11.9 Å². The molecule has 0 unspecified atom stereocenters. The standard InChI is InChI=1S/C24H33N7O4S/c1-3-5-9-25-21-18-22(28-24(27-21)36-10-4-2)31(30-29-18)17-12-16(19(33)20(17)34)23(35)26-13-14-7-6-8-15(32)11-14/h6-8,11,16-17,19-20,32-34H,3-5,9-10,12-13H2,1-2H3,(H,26,35)(H,25,27,28)/t16-,17+,19+,20-/m0/s1. The Balaban J connectivity index is 1.55. The molecule has 4 rings (SSSR count). The van der Waals surface area contributed by atoms with E-state index >= 15 is 0 Å². The van der Waals surface area contributed by atoms with Gasteiger partial charge in [0.05, 0.1) is 18.1 Å². The Morgan fingerprint density at radius 2 is 2.03 bits per heavy atom. The van der Waals surface area contributed by atoms with Crippen LogP contribution in [0.2, 0.25) is 0 Å². The lowest BCUT2D eigenvalue weighted by Crippen LogP contribution is -2.38. The third-order valence-electron chi connectivity index (χ3n) is 6.24. The smallest absolute Gasteiger partial charge is 0.226 e. The molecule has 2 aromatic heterocycles. The van der Waals surface area contributed by atoms with Crippen LogP contribution < -0.4 is 10.6 Å². The van der Waals surface area contributed by atoms with Crippen molar-refractivity contribution < 1.29 is 20.1 Å². The van der Waals surface area contributed by atoms with E-state index in [0.717, 1.165) is 37.1 Å². The largest absolute Gasteiger partial charge is 0.508 e. The van der Waals surface area contributed by atoms with Gasteiger partial charge in [-0.2, -0.15) is 0 Å². The van der Waals surface area contributed by atoms with Crippen LogP contribution in [-0.4, -0.2) is 70.7 Å². The van der Waals surface area contributed by atoms with E-state index in [2.05, 4.69) is 44.8 Å².